The van der Waals surface area contributed by atoms with Gasteiger partial charge in [-0.2, -0.15) is 0 Å². The smallest absolute Gasteiger partial charge is 0.312 e. The molecule has 0 amide bonds. The van der Waals surface area contributed by atoms with E-state index in [9.17, 15) is 9.18 Å². The Morgan fingerprint density at radius 2 is 2.08 bits per heavy atom. The number of esters is 1. The van der Waals surface area contributed by atoms with E-state index < -0.39 is 0 Å². The average molecular weight is 345 g/mol. The van der Waals surface area contributed by atoms with E-state index in [1.54, 1.807) is 19.1 Å². The van der Waals surface area contributed by atoms with Crippen molar-refractivity contribution in [3.05, 3.63) is 52.8 Å². The van der Waals surface area contributed by atoms with Gasteiger partial charge in [0, 0.05) is 5.56 Å². The van der Waals surface area contributed by atoms with Crippen LogP contribution in [0.1, 0.15) is 18.2 Å². The predicted octanol–water partition coefficient (Wildman–Crippen LogP) is 4.62. The zero-order chi connectivity index (χ0) is 17.1. The Morgan fingerprint density at radius 3 is 2.71 bits per heavy atom. The third-order valence-corrected chi connectivity index (χ3v) is 4.41. The van der Waals surface area contributed by atoms with Gasteiger partial charge in [0.05, 0.1) is 23.6 Å². The second-order valence-electron chi connectivity index (χ2n) is 5.27. The molecule has 3 rings (SSSR count). The number of hydrogen-bond acceptors (Lipinski definition) is 5. The molecule has 0 spiro atoms. The summed E-state index contributed by atoms with van der Waals surface area (Å²) in [5.41, 5.74) is 2.28. The normalized spacial score (nSPS) is 10.8. The fourth-order valence-corrected chi connectivity index (χ4v) is 3.18. The summed E-state index contributed by atoms with van der Waals surface area (Å²) in [7, 11) is 0. The van der Waals surface area contributed by atoms with Crippen molar-refractivity contribution in [3.8, 4) is 22.1 Å². The fraction of sp³-hybridized carbons (Fsp3) is 0.222. The van der Waals surface area contributed by atoms with Gasteiger partial charge in [-0.3, -0.25) is 4.79 Å². The van der Waals surface area contributed by atoms with E-state index in [4.69, 9.17) is 9.15 Å². The van der Waals surface area contributed by atoms with Gasteiger partial charge < -0.3 is 9.15 Å². The number of aryl methyl sites for hydroxylation is 1. The number of aromatic nitrogens is 1. The predicted molar refractivity (Wildman–Crippen MR) is 90.3 cm³/mol. The van der Waals surface area contributed by atoms with Crippen molar-refractivity contribution >= 4 is 17.3 Å². The van der Waals surface area contributed by atoms with Crippen molar-refractivity contribution in [3.63, 3.8) is 0 Å². The van der Waals surface area contributed by atoms with Gasteiger partial charge >= 0.3 is 5.97 Å². The monoisotopic (exact) mass is 345 g/mol. The molecular weight excluding hydrogens is 329 g/mol. The number of rotatable bonds is 5. The number of thiophene rings is 1. The minimum atomic E-state index is -0.356. The van der Waals surface area contributed by atoms with Gasteiger partial charge in [0.1, 0.15) is 5.82 Å². The number of oxazole rings is 1. The van der Waals surface area contributed by atoms with E-state index in [1.807, 2.05) is 18.4 Å². The van der Waals surface area contributed by atoms with Crippen molar-refractivity contribution < 1.29 is 18.3 Å². The van der Waals surface area contributed by atoms with Gasteiger partial charge in [-0.05, 0) is 55.1 Å². The second kappa shape index (κ2) is 6.97. The number of carbonyl (C=O) groups excluding carboxylic acids is 1. The Labute approximate surface area is 142 Å². The van der Waals surface area contributed by atoms with E-state index in [-0.39, 0.29) is 18.2 Å². The zero-order valence-electron chi connectivity index (χ0n) is 13.3. The number of hydrogen-bond donors (Lipinski definition) is 0. The molecule has 0 radical (unpaired) electrons. The van der Waals surface area contributed by atoms with E-state index >= 15 is 0 Å². The van der Waals surface area contributed by atoms with Crippen LogP contribution >= 0.6 is 11.3 Å². The Morgan fingerprint density at radius 1 is 1.33 bits per heavy atom. The molecule has 24 heavy (non-hydrogen) atoms. The van der Waals surface area contributed by atoms with E-state index in [2.05, 4.69) is 4.98 Å². The molecule has 124 valence electrons. The second-order valence-corrected chi connectivity index (χ2v) is 6.18. The van der Waals surface area contributed by atoms with Gasteiger partial charge in [0.2, 0.25) is 5.89 Å². The van der Waals surface area contributed by atoms with E-state index in [1.165, 1.54) is 23.5 Å². The minimum absolute atomic E-state index is 0.0326. The first-order valence-electron chi connectivity index (χ1n) is 7.53. The first-order chi connectivity index (χ1) is 11.6. The molecular formula is C18H16FNO3S. The molecule has 0 bridgehead atoms. The average Bonchev–Trinajstić information content (AvgIpc) is 3.14. The lowest BCUT2D eigenvalue weighted by Gasteiger charge is -2.00. The first kappa shape index (κ1) is 16.4. The highest BCUT2D eigenvalue weighted by Gasteiger charge is 2.20. The molecule has 0 atom stereocenters. The summed E-state index contributed by atoms with van der Waals surface area (Å²) in [4.78, 5) is 17.2. The number of ether oxygens (including phenoxy) is 1. The van der Waals surface area contributed by atoms with Crippen LogP contribution in [0.2, 0.25) is 0 Å². The van der Waals surface area contributed by atoms with Crippen molar-refractivity contribution in [1.29, 1.82) is 0 Å². The Kier molecular flexibility index (Phi) is 4.76. The molecule has 0 fully saturated rings. The molecule has 0 saturated carbocycles. The molecule has 0 aliphatic heterocycles. The lowest BCUT2D eigenvalue weighted by molar-refractivity contribution is -0.142. The summed E-state index contributed by atoms with van der Waals surface area (Å²) in [6.45, 7) is 4.06. The van der Waals surface area contributed by atoms with Crippen molar-refractivity contribution in [1.82, 2.24) is 4.98 Å². The molecule has 0 aliphatic carbocycles. The molecule has 1 aromatic carbocycles. The maximum absolute atomic E-state index is 13.1. The highest BCUT2D eigenvalue weighted by molar-refractivity contribution is 7.13. The quantitative estimate of drug-likeness (QED) is 0.633. The lowest BCUT2D eigenvalue weighted by Crippen LogP contribution is -2.08. The fourth-order valence-electron chi connectivity index (χ4n) is 2.28. The number of nitrogens with zero attached hydrogens (tertiary/aromatic N) is 1. The van der Waals surface area contributed by atoms with Crippen LogP contribution in [-0.4, -0.2) is 17.6 Å². The summed E-state index contributed by atoms with van der Waals surface area (Å²) in [5, 5.41) is 2.00. The van der Waals surface area contributed by atoms with Crippen LogP contribution in [0.3, 0.4) is 0 Å². The van der Waals surface area contributed by atoms with E-state index in [0.717, 1.165) is 10.4 Å². The van der Waals surface area contributed by atoms with Crippen LogP contribution in [0.25, 0.3) is 22.1 Å². The van der Waals surface area contributed by atoms with Gasteiger partial charge in [0.15, 0.2) is 5.76 Å². The molecule has 6 heteroatoms. The largest absolute Gasteiger partial charge is 0.466 e. The molecule has 0 saturated heterocycles. The summed E-state index contributed by atoms with van der Waals surface area (Å²) >= 11 is 1.52. The Bertz CT molecular complexity index is 852. The van der Waals surface area contributed by atoms with Crippen LogP contribution in [-0.2, 0) is 16.0 Å². The summed E-state index contributed by atoms with van der Waals surface area (Å²) in [5.74, 6) is 0.230. The number of carbonyl (C=O) groups is 1. The van der Waals surface area contributed by atoms with Gasteiger partial charge in [-0.15, -0.1) is 11.3 Å². The Balaban J connectivity index is 2.01. The van der Waals surface area contributed by atoms with Gasteiger partial charge in [-0.1, -0.05) is 0 Å². The SMILES string of the molecule is CCOC(=O)Cc1nc(-c2ccc(F)cc2)oc1-c1cc(C)cs1. The third kappa shape index (κ3) is 3.54. The van der Waals surface area contributed by atoms with Crippen molar-refractivity contribution in [2.24, 2.45) is 0 Å². The summed E-state index contributed by atoms with van der Waals surface area (Å²) in [6.07, 6.45) is 0.0326. The maximum Gasteiger partial charge on any atom is 0.312 e. The molecule has 4 nitrogen and oxygen atoms in total. The number of halogens is 1. The highest BCUT2D eigenvalue weighted by Crippen LogP contribution is 2.34. The topological polar surface area (TPSA) is 52.3 Å². The van der Waals surface area contributed by atoms with Crippen molar-refractivity contribution in [2.75, 3.05) is 6.61 Å². The van der Waals surface area contributed by atoms with Crippen LogP contribution in [0.4, 0.5) is 4.39 Å². The van der Waals surface area contributed by atoms with Gasteiger partial charge in [-0.25, -0.2) is 9.37 Å². The molecule has 0 aliphatic rings. The number of benzene rings is 1. The van der Waals surface area contributed by atoms with Crippen LogP contribution in [0.15, 0.2) is 40.1 Å². The first-order valence-corrected chi connectivity index (χ1v) is 8.41. The molecule has 0 N–H and O–H groups in total. The molecule has 2 aromatic heterocycles. The van der Waals surface area contributed by atoms with E-state index in [0.29, 0.717) is 29.5 Å². The van der Waals surface area contributed by atoms with Crippen LogP contribution < -0.4 is 0 Å². The van der Waals surface area contributed by atoms with Crippen LogP contribution in [0.5, 0.6) is 0 Å². The molecule has 0 unspecified atom stereocenters. The van der Waals surface area contributed by atoms with Crippen molar-refractivity contribution in [2.45, 2.75) is 20.3 Å². The Hall–Kier alpha value is -2.47. The molecule has 3 aromatic rings. The molecule has 2 heterocycles. The maximum atomic E-state index is 13.1. The standard InChI is InChI=1S/C18H16FNO3S/c1-3-22-16(21)9-14-17(15-8-11(2)10-24-15)23-18(20-14)12-4-6-13(19)7-5-12/h4-8,10H,3,9H2,1-2H3. The summed E-state index contributed by atoms with van der Waals surface area (Å²) in [6, 6.07) is 7.87. The van der Waals surface area contributed by atoms with Crippen LogP contribution in [0, 0.1) is 12.7 Å². The zero-order valence-corrected chi connectivity index (χ0v) is 14.2. The highest BCUT2D eigenvalue weighted by atomic mass is 32.1. The minimum Gasteiger partial charge on any atom is -0.466 e. The lowest BCUT2D eigenvalue weighted by atomic mass is 10.2. The third-order valence-electron chi connectivity index (χ3n) is 3.36. The summed E-state index contributed by atoms with van der Waals surface area (Å²) < 4.78 is 24.0. The van der Waals surface area contributed by atoms with Gasteiger partial charge in [0.25, 0.3) is 0 Å².